The molecule has 0 aliphatic carbocycles. The maximum Gasteiger partial charge on any atom is 0.133 e. The summed E-state index contributed by atoms with van der Waals surface area (Å²) >= 11 is 1.98. The Bertz CT molecular complexity index is 281. The molecule has 0 unspecified atom stereocenters. The second-order valence-corrected chi connectivity index (χ2v) is 2.68. The zero-order valence-electron chi connectivity index (χ0n) is 5.52. The van der Waals surface area contributed by atoms with E-state index in [1.807, 2.05) is 22.6 Å². The zero-order valence-corrected chi connectivity index (χ0v) is 7.68. The lowest BCUT2D eigenvalue weighted by Gasteiger charge is -1.94. The van der Waals surface area contributed by atoms with E-state index >= 15 is 0 Å². The second-order valence-electron chi connectivity index (χ2n) is 1.96. The summed E-state index contributed by atoms with van der Waals surface area (Å²) in [5, 5.41) is 0. The van der Waals surface area contributed by atoms with Crippen molar-refractivity contribution in [2.45, 2.75) is 0 Å². The SMILES string of the molecule is Fc1ccc(/C=C/I)c(F)c1. The normalized spacial score (nSPS) is 10.8. The predicted molar refractivity (Wildman–Crippen MR) is 49.4 cm³/mol. The average molecular weight is 266 g/mol. The fraction of sp³-hybridized carbons (Fsp3) is 0. The lowest BCUT2D eigenvalue weighted by molar-refractivity contribution is 0.581. The van der Waals surface area contributed by atoms with Crippen molar-refractivity contribution < 1.29 is 8.78 Å². The molecule has 1 aromatic carbocycles. The van der Waals surface area contributed by atoms with Crippen LogP contribution in [0.4, 0.5) is 8.78 Å². The smallest absolute Gasteiger partial charge is 0.133 e. The van der Waals surface area contributed by atoms with Crippen molar-refractivity contribution in [2.24, 2.45) is 0 Å². The van der Waals surface area contributed by atoms with Gasteiger partial charge in [-0.1, -0.05) is 22.6 Å². The molecule has 0 bridgehead atoms. The molecule has 1 aromatic rings. The first kappa shape index (κ1) is 8.64. The van der Waals surface area contributed by atoms with E-state index in [0.29, 0.717) is 5.56 Å². The Balaban J connectivity index is 3.09. The highest BCUT2D eigenvalue weighted by Gasteiger charge is 1.98. The molecular formula is C8H5F2I. The van der Waals surface area contributed by atoms with E-state index in [9.17, 15) is 8.78 Å². The van der Waals surface area contributed by atoms with E-state index in [2.05, 4.69) is 0 Å². The van der Waals surface area contributed by atoms with Crippen molar-refractivity contribution in [3.63, 3.8) is 0 Å². The van der Waals surface area contributed by atoms with Gasteiger partial charge in [0.1, 0.15) is 11.6 Å². The summed E-state index contributed by atoms with van der Waals surface area (Å²) in [4.78, 5) is 0. The minimum Gasteiger partial charge on any atom is -0.207 e. The molecule has 0 amide bonds. The van der Waals surface area contributed by atoms with Crippen LogP contribution in [0.15, 0.2) is 22.3 Å². The molecule has 0 aliphatic rings. The Hall–Kier alpha value is -0.450. The average Bonchev–Trinajstić information content (AvgIpc) is 1.95. The van der Waals surface area contributed by atoms with Gasteiger partial charge in [0, 0.05) is 11.6 Å². The molecule has 0 aromatic heterocycles. The highest BCUT2D eigenvalue weighted by Crippen LogP contribution is 2.11. The van der Waals surface area contributed by atoms with E-state index in [0.717, 1.165) is 6.07 Å². The van der Waals surface area contributed by atoms with Gasteiger partial charge in [-0.2, -0.15) is 0 Å². The maximum atomic E-state index is 12.7. The van der Waals surface area contributed by atoms with Crippen LogP contribution in [0.3, 0.4) is 0 Å². The summed E-state index contributed by atoms with van der Waals surface area (Å²) in [6.07, 6.45) is 1.58. The van der Waals surface area contributed by atoms with Gasteiger partial charge in [0.05, 0.1) is 0 Å². The van der Waals surface area contributed by atoms with Crippen LogP contribution < -0.4 is 0 Å². The van der Waals surface area contributed by atoms with Crippen molar-refractivity contribution in [3.05, 3.63) is 39.5 Å². The summed E-state index contributed by atoms with van der Waals surface area (Å²) in [7, 11) is 0. The standard InChI is InChI=1S/C8H5F2I/c9-7-2-1-6(3-4-11)8(10)5-7/h1-5H/b4-3+. The lowest BCUT2D eigenvalue weighted by atomic mass is 10.2. The van der Waals surface area contributed by atoms with Crippen LogP contribution in [0.2, 0.25) is 0 Å². The van der Waals surface area contributed by atoms with E-state index in [1.54, 1.807) is 10.2 Å². The lowest BCUT2D eigenvalue weighted by Crippen LogP contribution is -1.82. The van der Waals surface area contributed by atoms with Gasteiger partial charge in [-0.15, -0.1) is 0 Å². The Morgan fingerprint density at radius 3 is 2.55 bits per heavy atom. The van der Waals surface area contributed by atoms with Crippen LogP contribution >= 0.6 is 22.6 Å². The minimum absolute atomic E-state index is 0.404. The van der Waals surface area contributed by atoms with Crippen LogP contribution in [-0.2, 0) is 0 Å². The number of hydrogen-bond donors (Lipinski definition) is 0. The molecule has 1 rings (SSSR count). The predicted octanol–water partition coefficient (Wildman–Crippen LogP) is 3.37. The molecule has 11 heavy (non-hydrogen) atoms. The largest absolute Gasteiger partial charge is 0.207 e. The van der Waals surface area contributed by atoms with E-state index in [1.165, 1.54) is 12.1 Å². The molecule has 3 heteroatoms. The molecular weight excluding hydrogens is 261 g/mol. The maximum absolute atomic E-state index is 12.7. The van der Waals surface area contributed by atoms with E-state index < -0.39 is 11.6 Å². The third-order valence-electron chi connectivity index (χ3n) is 1.21. The van der Waals surface area contributed by atoms with Crippen molar-refractivity contribution in [1.29, 1.82) is 0 Å². The van der Waals surface area contributed by atoms with Gasteiger partial charge in [0.15, 0.2) is 0 Å². The van der Waals surface area contributed by atoms with Gasteiger partial charge in [-0.05, 0) is 22.3 Å². The van der Waals surface area contributed by atoms with Crippen molar-refractivity contribution in [1.82, 2.24) is 0 Å². The summed E-state index contributed by atoms with van der Waals surface area (Å²) in [6, 6.07) is 3.50. The molecule has 58 valence electrons. The Morgan fingerprint density at radius 2 is 2.00 bits per heavy atom. The molecule has 0 nitrogen and oxygen atoms in total. The number of halogens is 3. The van der Waals surface area contributed by atoms with Gasteiger partial charge in [-0.25, -0.2) is 8.78 Å². The van der Waals surface area contributed by atoms with E-state index in [-0.39, 0.29) is 0 Å². The highest BCUT2D eigenvalue weighted by atomic mass is 127. The molecule has 0 heterocycles. The molecule has 0 fully saturated rings. The van der Waals surface area contributed by atoms with Crippen LogP contribution in [0.25, 0.3) is 6.08 Å². The van der Waals surface area contributed by atoms with Gasteiger partial charge >= 0.3 is 0 Å². The fourth-order valence-corrected chi connectivity index (χ4v) is 1.09. The van der Waals surface area contributed by atoms with Crippen LogP contribution in [0.1, 0.15) is 5.56 Å². The van der Waals surface area contributed by atoms with Gasteiger partial charge < -0.3 is 0 Å². The highest BCUT2D eigenvalue weighted by molar-refractivity contribution is 14.1. The summed E-state index contributed by atoms with van der Waals surface area (Å²) in [6.45, 7) is 0. The third-order valence-corrected chi connectivity index (χ3v) is 1.56. The van der Waals surface area contributed by atoms with Crippen molar-refractivity contribution in [2.75, 3.05) is 0 Å². The summed E-state index contributed by atoms with van der Waals surface area (Å²) in [5.74, 6) is -1.08. The van der Waals surface area contributed by atoms with Crippen LogP contribution in [0.5, 0.6) is 0 Å². The summed E-state index contributed by atoms with van der Waals surface area (Å²) < 4.78 is 26.7. The van der Waals surface area contributed by atoms with Crippen LogP contribution in [-0.4, -0.2) is 0 Å². The van der Waals surface area contributed by atoms with Gasteiger partial charge in [0.25, 0.3) is 0 Å². The van der Waals surface area contributed by atoms with Crippen molar-refractivity contribution in [3.8, 4) is 0 Å². The third kappa shape index (κ3) is 2.25. The first-order valence-corrected chi connectivity index (χ1v) is 4.20. The van der Waals surface area contributed by atoms with E-state index in [4.69, 9.17) is 0 Å². The second kappa shape index (κ2) is 3.80. The monoisotopic (exact) mass is 266 g/mol. The molecule has 0 saturated heterocycles. The zero-order chi connectivity index (χ0) is 8.27. The van der Waals surface area contributed by atoms with Gasteiger partial charge in [0.2, 0.25) is 0 Å². The van der Waals surface area contributed by atoms with Crippen LogP contribution in [0, 0.1) is 11.6 Å². The quantitative estimate of drug-likeness (QED) is 0.683. The summed E-state index contributed by atoms with van der Waals surface area (Å²) in [5.41, 5.74) is 0.404. The number of rotatable bonds is 1. The Morgan fingerprint density at radius 1 is 1.27 bits per heavy atom. The molecule has 0 atom stereocenters. The van der Waals surface area contributed by atoms with Gasteiger partial charge in [-0.3, -0.25) is 0 Å². The Labute approximate surface area is 77.1 Å². The Kier molecular flexibility index (Phi) is 2.99. The molecule has 0 radical (unpaired) electrons. The molecule has 0 saturated carbocycles. The minimum atomic E-state index is -0.548. The first-order chi connectivity index (χ1) is 5.24. The molecule has 0 N–H and O–H groups in total. The first-order valence-electron chi connectivity index (χ1n) is 2.96. The van der Waals surface area contributed by atoms with Crippen molar-refractivity contribution >= 4 is 28.7 Å². The number of hydrogen-bond acceptors (Lipinski definition) is 0. The topological polar surface area (TPSA) is 0 Å². The molecule has 0 aliphatic heterocycles. The fourth-order valence-electron chi connectivity index (χ4n) is 0.705. The molecule has 0 spiro atoms. The number of benzene rings is 1.